The molecule has 0 bridgehead atoms. The van der Waals surface area contributed by atoms with Crippen molar-refractivity contribution in [1.82, 2.24) is 10.2 Å². The van der Waals surface area contributed by atoms with Gasteiger partial charge in [-0.05, 0) is 57.6 Å². The van der Waals surface area contributed by atoms with Crippen molar-refractivity contribution in [1.29, 1.82) is 0 Å². The number of amides is 2. The number of piperidine rings is 1. The summed E-state index contributed by atoms with van der Waals surface area (Å²) in [5.74, 6) is 1.60. The molecule has 1 aliphatic rings. The maximum absolute atomic E-state index is 12.2. The summed E-state index contributed by atoms with van der Waals surface area (Å²) in [7, 11) is 0. The second-order valence-corrected chi connectivity index (χ2v) is 8.50. The molecule has 6 heteroatoms. The third kappa shape index (κ3) is 7.79. The molecular weight excluding hydrogens is 356 g/mol. The van der Waals surface area contributed by atoms with E-state index in [-0.39, 0.29) is 17.9 Å². The molecule has 0 saturated carbocycles. The molecular formula is C22H34N2O4. The van der Waals surface area contributed by atoms with Crippen LogP contribution in [-0.4, -0.2) is 48.7 Å². The van der Waals surface area contributed by atoms with Crippen LogP contribution in [0.5, 0.6) is 5.75 Å². The second-order valence-electron chi connectivity index (χ2n) is 8.50. The Morgan fingerprint density at radius 3 is 2.43 bits per heavy atom. The number of rotatable bonds is 7. The molecule has 2 rings (SSSR count). The Morgan fingerprint density at radius 1 is 1.18 bits per heavy atom. The Bertz CT molecular complexity index is 619. The van der Waals surface area contributed by atoms with Gasteiger partial charge in [0.05, 0.1) is 6.54 Å². The SMILES string of the molecule is CC(CC(=O)NCCOc1ccccc1)C1CCN(C(=O)OC(C)(C)C)CC1. The van der Waals surface area contributed by atoms with Gasteiger partial charge in [-0.1, -0.05) is 25.1 Å². The fourth-order valence-corrected chi connectivity index (χ4v) is 3.38. The highest BCUT2D eigenvalue weighted by atomic mass is 16.6. The summed E-state index contributed by atoms with van der Waals surface area (Å²) in [6, 6.07) is 9.57. The van der Waals surface area contributed by atoms with Gasteiger partial charge in [-0.3, -0.25) is 4.79 Å². The molecule has 0 radical (unpaired) electrons. The van der Waals surface area contributed by atoms with Gasteiger partial charge in [-0.25, -0.2) is 4.79 Å². The summed E-state index contributed by atoms with van der Waals surface area (Å²) in [6.45, 7) is 10.1. The van der Waals surface area contributed by atoms with E-state index in [4.69, 9.17) is 9.47 Å². The molecule has 156 valence electrons. The highest BCUT2D eigenvalue weighted by molar-refractivity contribution is 5.76. The van der Waals surface area contributed by atoms with Gasteiger partial charge >= 0.3 is 6.09 Å². The lowest BCUT2D eigenvalue weighted by Crippen LogP contribution is -2.43. The van der Waals surface area contributed by atoms with Crippen LogP contribution in [0.15, 0.2) is 30.3 Å². The lowest BCUT2D eigenvalue weighted by molar-refractivity contribution is -0.122. The predicted molar refractivity (Wildman–Crippen MR) is 109 cm³/mol. The van der Waals surface area contributed by atoms with Crippen LogP contribution < -0.4 is 10.1 Å². The van der Waals surface area contributed by atoms with Crippen molar-refractivity contribution < 1.29 is 19.1 Å². The molecule has 6 nitrogen and oxygen atoms in total. The minimum Gasteiger partial charge on any atom is -0.492 e. The number of hydrogen-bond donors (Lipinski definition) is 1. The monoisotopic (exact) mass is 390 g/mol. The summed E-state index contributed by atoms with van der Waals surface area (Å²) in [6.07, 6.45) is 2.08. The molecule has 1 unspecified atom stereocenters. The first-order valence-corrected chi connectivity index (χ1v) is 10.2. The molecule has 1 heterocycles. The number of nitrogens with zero attached hydrogens (tertiary/aromatic N) is 1. The number of carbonyl (C=O) groups excluding carboxylic acids is 2. The van der Waals surface area contributed by atoms with Crippen LogP contribution in [0.25, 0.3) is 0 Å². The second kappa shape index (κ2) is 10.3. The Kier molecular flexibility index (Phi) is 8.15. The highest BCUT2D eigenvalue weighted by Gasteiger charge is 2.29. The van der Waals surface area contributed by atoms with Gasteiger partial charge in [0, 0.05) is 19.5 Å². The Hall–Kier alpha value is -2.24. The molecule has 28 heavy (non-hydrogen) atoms. The van der Waals surface area contributed by atoms with Gasteiger partial charge in [0.15, 0.2) is 0 Å². The van der Waals surface area contributed by atoms with Crippen molar-refractivity contribution in [3.63, 3.8) is 0 Å². The predicted octanol–water partition coefficient (Wildman–Crippen LogP) is 3.85. The van der Waals surface area contributed by atoms with E-state index in [0.717, 1.165) is 18.6 Å². The zero-order valence-electron chi connectivity index (χ0n) is 17.6. The van der Waals surface area contributed by atoms with Crippen LogP contribution in [0.3, 0.4) is 0 Å². The number of carbonyl (C=O) groups is 2. The molecule has 1 saturated heterocycles. The van der Waals surface area contributed by atoms with E-state index in [1.54, 1.807) is 4.90 Å². The third-order valence-electron chi connectivity index (χ3n) is 4.94. The smallest absolute Gasteiger partial charge is 0.410 e. The highest BCUT2D eigenvalue weighted by Crippen LogP contribution is 2.27. The molecule has 1 N–H and O–H groups in total. The molecule has 1 aliphatic heterocycles. The van der Waals surface area contributed by atoms with Crippen LogP contribution in [0.1, 0.15) is 47.0 Å². The maximum Gasteiger partial charge on any atom is 0.410 e. The van der Waals surface area contributed by atoms with Crippen molar-refractivity contribution in [3.05, 3.63) is 30.3 Å². The fraction of sp³-hybridized carbons (Fsp3) is 0.636. The van der Waals surface area contributed by atoms with E-state index in [2.05, 4.69) is 12.2 Å². The first-order chi connectivity index (χ1) is 13.2. The summed E-state index contributed by atoms with van der Waals surface area (Å²) >= 11 is 0. The average Bonchev–Trinajstić information content (AvgIpc) is 2.65. The standard InChI is InChI=1S/C22H34N2O4/c1-17(16-20(25)23-12-15-27-19-8-6-5-7-9-19)18-10-13-24(14-11-18)21(26)28-22(2,3)4/h5-9,17-18H,10-16H2,1-4H3,(H,23,25). The van der Waals surface area contributed by atoms with Crippen molar-refractivity contribution >= 4 is 12.0 Å². The van der Waals surface area contributed by atoms with Gasteiger partial charge in [-0.2, -0.15) is 0 Å². The first kappa shape index (κ1) is 22.1. The minimum absolute atomic E-state index is 0.0544. The molecule has 1 atom stereocenters. The Labute approximate surface area is 168 Å². The molecule has 1 aromatic carbocycles. The van der Waals surface area contributed by atoms with Gasteiger partial charge < -0.3 is 19.7 Å². The zero-order chi connectivity index (χ0) is 20.6. The van der Waals surface area contributed by atoms with Gasteiger partial charge in [0.1, 0.15) is 18.0 Å². The van der Waals surface area contributed by atoms with E-state index in [1.807, 2.05) is 51.1 Å². The number of para-hydroxylation sites is 1. The van der Waals surface area contributed by atoms with Crippen molar-refractivity contribution in [3.8, 4) is 5.75 Å². The van der Waals surface area contributed by atoms with E-state index in [0.29, 0.717) is 38.6 Å². The minimum atomic E-state index is -0.469. The molecule has 2 amide bonds. The molecule has 0 aromatic heterocycles. The van der Waals surface area contributed by atoms with Crippen molar-refractivity contribution in [2.75, 3.05) is 26.2 Å². The Balaban J connectivity index is 1.63. The average molecular weight is 391 g/mol. The van der Waals surface area contributed by atoms with Crippen LogP contribution in [0, 0.1) is 11.8 Å². The van der Waals surface area contributed by atoms with Gasteiger partial charge in [0.25, 0.3) is 0 Å². The Morgan fingerprint density at radius 2 is 1.82 bits per heavy atom. The van der Waals surface area contributed by atoms with Crippen molar-refractivity contribution in [2.45, 2.75) is 52.6 Å². The summed E-state index contributed by atoms with van der Waals surface area (Å²) < 4.78 is 11.0. The third-order valence-corrected chi connectivity index (χ3v) is 4.94. The lowest BCUT2D eigenvalue weighted by atomic mass is 9.83. The van der Waals surface area contributed by atoms with E-state index >= 15 is 0 Å². The number of likely N-dealkylation sites (tertiary alicyclic amines) is 1. The zero-order valence-corrected chi connectivity index (χ0v) is 17.6. The van der Waals surface area contributed by atoms with Crippen molar-refractivity contribution in [2.24, 2.45) is 11.8 Å². The maximum atomic E-state index is 12.2. The van der Waals surface area contributed by atoms with Gasteiger partial charge in [-0.15, -0.1) is 0 Å². The van der Waals surface area contributed by atoms with Crippen LogP contribution >= 0.6 is 0 Å². The van der Waals surface area contributed by atoms with Crippen LogP contribution in [0.2, 0.25) is 0 Å². The first-order valence-electron chi connectivity index (χ1n) is 10.2. The summed E-state index contributed by atoms with van der Waals surface area (Å²) in [5.41, 5.74) is -0.469. The van der Waals surface area contributed by atoms with Crippen LogP contribution in [-0.2, 0) is 9.53 Å². The summed E-state index contributed by atoms with van der Waals surface area (Å²) in [4.78, 5) is 26.1. The van der Waals surface area contributed by atoms with Gasteiger partial charge in [0.2, 0.25) is 5.91 Å². The van der Waals surface area contributed by atoms with E-state index in [1.165, 1.54) is 0 Å². The number of ether oxygens (including phenoxy) is 2. The molecule has 0 aliphatic carbocycles. The molecule has 1 aromatic rings. The topological polar surface area (TPSA) is 67.9 Å². The largest absolute Gasteiger partial charge is 0.492 e. The fourth-order valence-electron chi connectivity index (χ4n) is 3.38. The van der Waals surface area contributed by atoms with E-state index in [9.17, 15) is 9.59 Å². The number of nitrogens with one attached hydrogen (secondary N) is 1. The summed E-state index contributed by atoms with van der Waals surface area (Å²) in [5, 5.41) is 2.93. The molecule has 0 spiro atoms. The quantitative estimate of drug-likeness (QED) is 0.718. The lowest BCUT2D eigenvalue weighted by Gasteiger charge is -2.35. The van der Waals surface area contributed by atoms with E-state index < -0.39 is 5.60 Å². The molecule has 1 fully saturated rings. The number of hydrogen-bond acceptors (Lipinski definition) is 4. The number of benzene rings is 1. The normalized spacial score (nSPS) is 16.4. The van der Waals surface area contributed by atoms with Crippen LogP contribution in [0.4, 0.5) is 4.79 Å².